The van der Waals surface area contributed by atoms with Crippen molar-refractivity contribution in [2.24, 2.45) is 10.2 Å². The van der Waals surface area contributed by atoms with Gasteiger partial charge in [-0.1, -0.05) is 72.3 Å². The predicted molar refractivity (Wildman–Crippen MR) is 92.1 cm³/mol. The van der Waals surface area contributed by atoms with Crippen LogP contribution in [0.3, 0.4) is 0 Å². The Morgan fingerprint density at radius 2 is 1.38 bits per heavy atom. The van der Waals surface area contributed by atoms with Gasteiger partial charge in [0.15, 0.2) is 11.3 Å². The number of hydrogen-bond donors (Lipinski definition) is 2. The molecule has 0 unspecified atom stereocenters. The van der Waals surface area contributed by atoms with Gasteiger partial charge in [0, 0.05) is 6.07 Å². The zero-order valence-electron chi connectivity index (χ0n) is 12.5. The lowest BCUT2D eigenvalue weighted by Crippen LogP contribution is -2.24. The molecule has 0 fully saturated rings. The van der Waals surface area contributed by atoms with E-state index in [-0.39, 0.29) is 22.2 Å². The van der Waals surface area contributed by atoms with Gasteiger partial charge in [0.25, 0.3) is 0 Å². The van der Waals surface area contributed by atoms with Crippen LogP contribution in [0, 0.1) is 0 Å². The van der Waals surface area contributed by atoms with Gasteiger partial charge in [-0.2, -0.15) is 5.11 Å². The third-order valence-corrected chi connectivity index (χ3v) is 4.54. The standard InChI is InChI=1S/C19H13ClN2O2/c20-14-11-15(23)16-17(18(14)24)21-22-19(16,12-7-3-1-4-8-12)13-9-5-2-6-10-13/h1-11,23-24H. The van der Waals surface area contributed by atoms with E-state index >= 15 is 0 Å². The lowest BCUT2D eigenvalue weighted by Gasteiger charge is -2.28. The average molecular weight is 337 g/mol. The third kappa shape index (κ3) is 1.93. The Morgan fingerprint density at radius 1 is 0.833 bits per heavy atom. The molecule has 0 atom stereocenters. The molecule has 0 saturated carbocycles. The van der Waals surface area contributed by atoms with Gasteiger partial charge in [-0.25, -0.2) is 0 Å². The number of aromatic hydroxyl groups is 2. The zero-order chi connectivity index (χ0) is 16.7. The van der Waals surface area contributed by atoms with E-state index in [1.165, 1.54) is 6.07 Å². The smallest absolute Gasteiger partial charge is 0.163 e. The molecule has 0 amide bonds. The molecule has 4 rings (SSSR count). The first-order valence-corrected chi connectivity index (χ1v) is 7.81. The molecule has 3 aromatic rings. The van der Waals surface area contributed by atoms with Crippen LogP contribution in [-0.4, -0.2) is 10.2 Å². The molecule has 0 saturated heterocycles. The number of nitrogens with zero attached hydrogens (tertiary/aromatic N) is 2. The van der Waals surface area contributed by atoms with E-state index in [9.17, 15) is 10.2 Å². The Morgan fingerprint density at radius 3 is 1.92 bits per heavy atom. The fourth-order valence-electron chi connectivity index (χ4n) is 3.17. The van der Waals surface area contributed by atoms with E-state index < -0.39 is 5.54 Å². The van der Waals surface area contributed by atoms with Gasteiger partial charge in [0.05, 0.1) is 10.6 Å². The summed E-state index contributed by atoms with van der Waals surface area (Å²) in [5.74, 6) is -0.229. The highest BCUT2D eigenvalue weighted by molar-refractivity contribution is 6.32. The average Bonchev–Trinajstić information content (AvgIpc) is 3.03. The summed E-state index contributed by atoms with van der Waals surface area (Å²) >= 11 is 5.97. The summed E-state index contributed by atoms with van der Waals surface area (Å²) in [4.78, 5) is 0. The summed E-state index contributed by atoms with van der Waals surface area (Å²) in [6.45, 7) is 0. The minimum Gasteiger partial charge on any atom is -0.507 e. The van der Waals surface area contributed by atoms with Crippen molar-refractivity contribution >= 4 is 17.3 Å². The Hall–Kier alpha value is -2.85. The number of rotatable bonds is 2. The molecule has 0 bridgehead atoms. The van der Waals surface area contributed by atoms with Crippen LogP contribution in [0.25, 0.3) is 0 Å². The summed E-state index contributed by atoms with van der Waals surface area (Å²) in [5.41, 5.74) is 1.30. The first-order valence-electron chi connectivity index (χ1n) is 7.43. The van der Waals surface area contributed by atoms with Gasteiger partial charge < -0.3 is 10.2 Å². The van der Waals surface area contributed by atoms with E-state index in [1.807, 2.05) is 60.7 Å². The largest absolute Gasteiger partial charge is 0.507 e. The monoisotopic (exact) mass is 336 g/mol. The summed E-state index contributed by atoms with van der Waals surface area (Å²) in [5, 5.41) is 29.5. The number of phenolic OH excluding ortho intramolecular Hbond substituents is 2. The number of fused-ring (bicyclic) bond motifs is 1. The van der Waals surface area contributed by atoms with Crippen LogP contribution in [0.5, 0.6) is 11.5 Å². The van der Waals surface area contributed by atoms with E-state index in [1.54, 1.807) is 0 Å². The summed E-state index contributed by atoms with van der Waals surface area (Å²) in [6.07, 6.45) is 0. The van der Waals surface area contributed by atoms with Crippen molar-refractivity contribution in [3.05, 3.63) is 88.4 Å². The molecule has 1 aliphatic rings. The molecule has 0 aliphatic carbocycles. The lowest BCUT2D eigenvalue weighted by molar-refractivity contribution is 0.449. The normalized spacial score (nSPS) is 14.5. The van der Waals surface area contributed by atoms with Crippen molar-refractivity contribution in [2.75, 3.05) is 0 Å². The molecule has 5 heteroatoms. The quantitative estimate of drug-likeness (QED) is 0.636. The molecule has 3 aromatic carbocycles. The van der Waals surface area contributed by atoms with E-state index in [0.29, 0.717) is 5.56 Å². The lowest BCUT2D eigenvalue weighted by atomic mass is 9.77. The molecule has 1 heterocycles. The molecule has 0 spiro atoms. The Bertz CT molecular complexity index is 901. The molecular formula is C19H13ClN2O2. The molecular weight excluding hydrogens is 324 g/mol. The third-order valence-electron chi connectivity index (χ3n) is 4.25. The van der Waals surface area contributed by atoms with Crippen molar-refractivity contribution in [1.29, 1.82) is 0 Å². The molecule has 118 valence electrons. The molecule has 2 N–H and O–H groups in total. The number of azo groups is 1. The second-order valence-corrected chi connectivity index (χ2v) is 6.00. The maximum absolute atomic E-state index is 10.6. The summed E-state index contributed by atoms with van der Waals surface area (Å²) in [6, 6.07) is 20.5. The maximum Gasteiger partial charge on any atom is 0.163 e. The molecule has 24 heavy (non-hydrogen) atoms. The zero-order valence-corrected chi connectivity index (χ0v) is 13.3. The minimum absolute atomic E-state index is 0.0436. The molecule has 4 nitrogen and oxygen atoms in total. The Balaban J connectivity index is 2.11. The fraction of sp³-hybridized carbons (Fsp3) is 0.0526. The van der Waals surface area contributed by atoms with Gasteiger partial charge >= 0.3 is 0 Å². The molecule has 0 radical (unpaired) electrons. The number of benzene rings is 3. The van der Waals surface area contributed by atoms with Crippen LogP contribution in [0.2, 0.25) is 5.02 Å². The van der Waals surface area contributed by atoms with Crippen LogP contribution < -0.4 is 0 Å². The van der Waals surface area contributed by atoms with Crippen molar-refractivity contribution in [1.82, 2.24) is 0 Å². The van der Waals surface area contributed by atoms with Crippen molar-refractivity contribution in [2.45, 2.75) is 5.54 Å². The maximum atomic E-state index is 10.6. The highest BCUT2D eigenvalue weighted by Crippen LogP contribution is 2.57. The summed E-state index contributed by atoms with van der Waals surface area (Å²) < 4.78 is 0. The van der Waals surface area contributed by atoms with Crippen LogP contribution in [0.4, 0.5) is 5.69 Å². The van der Waals surface area contributed by atoms with Gasteiger partial charge in [0.1, 0.15) is 11.4 Å². The first kappa shape index (κ1) is 14.7. The van der Waals surface area contributed by atoms with Gasteiger partial charge in [-0.15, -0.1) is 5.11 Å². The summed E-state index contributed by atoms with van der Waals surface area (Å²) in [7, 11) is 0. The Kier molecular flexibility index (Phi) is 3.28. The van der Waals surface area contributed by atoms with Gasteiger partial charge in [-0.3, -0.25) is 0 Å². The van der Waals surface area contributed by atoms with Gasteiger partial charge in [-0.05, 0) is 11.1 Å². The fourth-order valence-corrected chi connectivity index (χ4v) is 3.36. The van der Waals surface area contributed by atoms with Crippen LogP contribution in [0.1, 0.15) is 16.7 Å². The Labute approximate surface area is 143 Å². The van der Waals surface area contributed by atoms with Crippen LogP contribution in [-0.2, 0) is 5.54 Å². The van der Waals surface area contributed by atoms with E-state index in [4.69, 9.17) is 11.6 Å². The predicted octanol–water partition coefficient (Wildman–Crippen LogP) is 5.14. The number of halogens is 1. The SMILES string of the molecule is Oc1cc(Cl)c(O)c2c1C(c1ccccc1)(c1ccccc1)N=N2. The van der Waals surface area contributed by atoms with Gasteiger partial charge in [0.2, 0.25) is 0 Å². The molecule has 1 aliphatic heterocycles. The van der Waals surface area contributed by atoms with Crippen molar-refractivity contribution < 1.29 is 10.2 Å². The first-order chi connectivity index (χ1) is 11.6. The second-order valence-electron chi connectivity index (χ2n) is 5.59. The molecule has 0 aromatic heterocycles. The minimum atomic E-state index is -1.02. The van der Waals surface area contributed by atoms with E-state index in [2.05, 4.69) is 10.2 Å². The second kappa shape index (κ2) is 5.35. The van der Waals surface area contributed by atoms with Crippen molar-refractivity contribution in [3.8, 4) is 11.5 Å². The number of phenols is 2. The topological polar surface area (TPSA) is 65.2 Å². The number of hydrogen-bond acceptors (Lipinski definition) is 4. The van der Waals surface area contributed by atoms with Crippen LogP contribution >= 0.6 is 11.6 Å². The van der Waals surface area contributed by atoms with Crippen molar-refractivity contribution in [3.63, 3.8) is 0 Å². The van der Waals surface area contributed by atoms with E-state index in [0.717, 1.165) is 11.1 Å². The van der Waals surface area contributed by atoms with Crippen LogP contribution in [0.15, 0.2) is 77.0 Å². The highest BCUT2D eigenvalue weighted by Gasteiger charge is 2.45. The highest BCUT2D eigenvalue weighted by atomic mass is 35.5.